The smallest absolute Gasteiger partial charge is 0.272 e. The molecule has 3 heterocycles. The van der Waals surface area contributed by atoms with Gasteiger partial charge in [0.25, 0.3) is 5.91 Å². The Bertz CT molecular complexity index is 650. The number of nitrogens with one attached hydrogen (secondary N) is 1. The third kappa shape index (κ3) is 2.63. The molecule has 1 amide bonds. The summed E-state index contributed by atoms with van der Waals surface area (Å²) < 4.78 is 5.38. The highest BCUT2D eigenvalue weighted by molar-refractivity contribution is 6.53. The van der Waals surface area contributed by atoms with E-state index in [-0.39, 0.29) is 18.1 Å². The molecule has 2 fully saturated rings. The third-order valence-corrected chi connectivity index (χ3v) is 5.75. The number of carbonyl (C=O) groups is 1. The molecule has 4 aliphatic rings. The zero-order chi connectivity index (χ0) is 16.7. The minimum Gasteiger partial charge on any atom is -0.371 e. The van der Waals surface area contributed by atoms with E-state index in [1.54, 1.807) is 7.11 Å². The number of methoxy groups -OCH3 is 1. The van der Waals surface area contributed by atoms with E-state index < -0.39 is 0 Å². The first-order valence-corrected chi connectivity index (χ1v) is 8.77. The van der Waals surface area contributed by atoms with Crippen molar-refractivity contribution in [3.8, 4) is 0 Å². The van der Waals surface area contributed by atoms with E-state index >= 15 is 0 Å². The van der Waals surface area contributed by atoms with Crippen molar-refractivity contribution < 1.29 is 9.53 Å². The Hall–Kier alpha value is -1.79. The lowest BCUT2D eigenvalue weighted by Crippen LogP contribution is -2.56. The first kappa shape index (κ1) is 15.7. The number of hydrogen-bond donors (Lipinski definition) is 1. The number of carbonyl (C=O) groups excluding carboxylic acids is 1. The summed E-state index contributed by atoms with van der Waals surface area (Å²) in [6.45, 7) is 0. The first-order chi connectivity index (χ1) is 11.7. The van der Waals surface area contributed by atoms with Gasteiger partial charge in [-0.3, -0.25) is 4.79 Å². The Morgan fingerprint density at radius 1 is 1.29 bits per heavy atom. The molecule has 3 unspecified atom stereocenters. The topological polar surface area (TPSA) is 66.3 Å². The Kier molecular flexibility index (Phi) is 4.10. The van der Waals surface area contributed by atoms with Crippen LogP contribution < -0.4 is 5.32 Å². The molecule has 24 heavy (non-hydrogen) atoms. The molecule has 3 aliphatic heterocycles. The molecule has 0 saturated carbocycles. The van der Waals surface area contributed by atoms with Crippen molar-refractivity contribution in [2.24, 2.45) is 10.2 Å². The van der Waals surface area contributed by atoms with E-state index in [9.17, 15) is 4.79 Å². The van der Waals surface area contributed by atoms with Crippen LogP contribution in [-0.2, 0) is 9.53 Å². The lowest BCUT2D eigenvalue weighted by molar-refractivity contribution is -0.116. The summed E-state index contributed by atoms with van der Waals surface area (Å²) in [5.74, 6) is -0.113. The van der Waals surface area contributed by atoms with Crippen LogP contribution in [0.1, 0.15) is 32.1 Å². The average molecular weight is 328 g/mol. The summed E-state index contributed by atoms with van der Waals surface area (Å²) >= 11 is 0. The average Bonchev–Trinajstić information content (AvgIpc) is 3.00. The molecule has 1 N–H and O–H groups in total. The maximum atomic E-state index is 12.7. The lowest BCUT2D eigenvalue weighted by atomic mass is 9.82. The van der Waals surface area contributed by atoms with Gasteiger partial charge in [0.2, 0.25) is 0 Å². The minimum atomic E-state index is -0.221. The van der Waals surface area contributed by atoms with E-state index in [2.05, 4.69) is 27.5 Å². The molecule has 0 aromatic heterocycles. The Labute approximate surface area is 142 Å². The van der Waals surface area contributed by atoms with Gasteiger partial charge in [-0.15, -0.1) is 5.10 Å². The van der Waals surface area contributed by atoms with Crippen molar-refractivity contribution in [1.82, 2.24) is 10.2 Å². The highest BCUT2D eigenvalue weighted by atomic mass is 16.5. The van der Waals surface area contributed by atoms with E-state index in [1.807, 2.05) is 18.2 Å². The van der Waals surface area contributed by atoms with E-state index in [0.29, 0.717) is 17.8 Å². The SMILES string of the molecule is COC1C=CC=C2C(C(=O)NC3CC4CCCC(C3)N4C)=NN=C21. The van der Waals surface area contributed by atoms with Gasteiger partial charge in [0.1, 0.15) is 11.8 Å². The molecule has 0 aromatic rings. The van der Waals surface area contributed by atoms with E-state index in [0.717, 1.165) is 24.1 Å². The van der Waals surface area contributed by atoms with Crippen molar-refractivity contribution in [3.05, 3.63) is 23.8 Å². The van der Waals surface area contributed by atoms with Crippen molar-refractivity contribution in [2.75, 3.05) is 14.2 Å². The fraction of sp³-hybridized carbons (Fsp3) is 0.611. The predicted molar refractivity (Wildman–Crippen MR) is 93.2 cm³/mol. The van der Waals surface area contributed by atoms with Crippen LogP contribution in [0.4, 0.5) is 0 Å². The van der Waals surface area contributed by atoms with Gasteiger partial charge in [0.05, 0.1) is 0 Å². The molecule has 0 spiro atoms. The van der Waals surface area contributed by atoms with Gasteiger partial charge in [0.15, 0.2) is 5.71 Å². The molecule has 0 radical (unpaired) electrons. The molecule has 3 atom stereocenters. The second kappa shape index (κ2) is 6.26. The Morgan fingerprint density at radius 3 is 2.75 bits per heavy atom. The number of rotatable bonds is 3. The molecule has 4 rings (SSSR count). The van der Waals surface area contributed by atoms with Crippen molar-refractivity contribution in [2.45, 2.75) is 56.3 Å². The van der Waals surface area contributed by atoms with Crippen LogP contribution in [0.3, 0.4) is 0 Å². The monoisotopic (exact) mass is 328 g/mol. The summed E-state index contributed by atoms with van der Waals surface area (Å²) in [5, 5.41) is 11.5. The quantitative estimate of drug-likeness (QED) is 0.852. The van der Waals surface area contributed by atoms with Crippen molar-refractivity contribution in [3.63, 3.8) is 0 Å². The molecular formula is C18H24N4O2. The van der Waals surface area contributed by atoms with Gasteiger partial charge in [-0.1, -0.05) is 18.6 Å². The summed E-state index contributed by atoms with van der Waals surface area (Å²) in [6, 6.07) is 1.42. The first-order valence-electron chi connectivity index (χ1n) is 8.77. The van der Waals surface area contributed by atoms with Crippen molar-refractivity contribution >= 4 is 17.3 Å². The Balaban J connectivity index is 1.43. The van der Waals surface area contributed by atoms with Crippen molar-refractivity contribution in [1.29, 1.82) is 0 Å². The van der Waals surface area contributed by atoms with Crippen LogP contribution >= 0.6 is 0 Å². The van der Waals surface area contributed by atoms with Gasteiger partial charge in [0, 0.05) is 30.8 Å². The minimum absolute atomic E-state index is 0.113. The molecule has 6 heteroatoms. The van der Waals surface area contributed by atoms with Crippen LogP contribution in [0.15, 0.2) is 34.0 Å². The zero-order valence-electron chi connectivity index (χ0n) is 14.2. The summed E-state index contributed by atoms with van der Waals surface area (Å²) in [4.78, 5) is 15.2. The molecule has 6 nitrogen and oxygen atoms in total. The molecule has 0 aromatic carbocycles. The number of hydrogen-bond acceptors (Lipinski definition) is 5. The summed E-state index contributed by atoms with van der Waals surface area (Å²) in [6.07, 6.45) is 11.3. The van der Waals surface area contributed by atoms with Crippen LogP contribution in [0.5, 0.6) is 0 Å². The van der Waals surface area contributed by atoms with E-state index in [1.165, 1.54) is 19.3 Å². The van der Waals surface area contributed by atoms with Gasteiger partial charge >= 0.3 is 0 Å². The van der Waals surface area contributed by atoms with Gasteiger partial charge in [-0.2, -0.15) is 5.10 Å². The zero-order valence-corrected chi connectivity index (χ0v) is 14.2. The van der Waals surface area contributed by atoms with Crippen LogP contribution in [0, 0.1) is 0 Å². The largest absolute Gasteiger partial charge is 0.371 e. The number of piperidine rings is 2. The fourth-order valence-corrected chi connectivity index (χ4v) is 4.40. The number of amides is 1. The van der Waals surface area contributed by atoms with Crippen LogP contribution in [0.25, 0.3) is 0 Å². The summed E-state index contributed by atoms with van der Waals surface area (Å²) in [7, 11) is 3.85. The normalized spacial score (nSPS) is 35.0. The number of allylic oxidation sites excluding steroid dienone is 2. The predicted octanol–water partition coefficient (Wildman–Crippen LogP) is 1.44. The van der Waals surface area contributed by atoms with Crippen LogP contribution in [-0.4, -0.2) is 60.6 Å². The van der Waals surface area contributed by atoms with E-state index in [4.69, 9.17) is 4.74 Å². The molecule has 2 bridgehead atoms. The van der Waals surface area contributed by atoms with Gasteiger partial charge < -0.3 is 15.0 Å². The summed E-state index contributed by atoms with van der Waals surface area (Å²) in [5.41, 5.74) is 1.93. The molecule has 1 aliphatic carbocycles. The van der Waals surface area contributed by atoms with Gasteiger partial charge in [-0.05, 0) is 38.8 Å². The van der Waals surface area contributed by atoms with Gasteiger partial charge in [-0.25, -0.2) is 0 Å². The standard InChI is InChI=1S/C18H24N4O2/c1-22-12-5-3-6-13(22)10-11(9-12)19-18(23)17-14-7-4-8-15(24-2)16(14)20-21-17/h4,7-8,11-13,15H,3,5-6,9-10H2,1-2H3,(H,19,23). The second-order valence-corrected chi connectivity index (χ2v) is 7.10. The lowest BCUT2D eigenvalue weighted by Gasteiger charge is -2.47. The Morgan fingerprint density at radius 2 is 2.04 bits per heavy atom. The maximum absolute atomic E-state index is 12.7. The maximum Gasteiger partial charge on any atom is 0.272 e. The highest BCUT2D eigenvalue weighted by Gasteiger charge is 2.38. The molecular weight excluding hydrogens is 304 g/mol. The molecule has 128 valence electrons. The number of fused-ring (bicyclic) bond motifs is 3. The third-order valence-electron chi connectivity index (χ3n) is 5.75. The number of nitrogens with zero attached hydrogens (tertiary/aromatic N) is 3. The number of ether oxygens (including phenoxy) is 1. The van der Waals surface area contributed by atoms with Crippen LogP contribution in [0.2, 0.25) is 0 Å². The second-order valence-electron chi connectivity index (χ2n) is 7.10. The fourth-order valence-electron chi connectivity index (χ4n) is 4.40. The highest BCUT2D eigenvalue weighted by Crippen LogP contribution is 2.32. The molecule has 2 saturated heterocycles.